The van der Waals surface area contributed by atoms with Crippen LogP contribution in [0.4, 0.5) is 0 Å². The van der Waals surface area contributed by atoms with Gasteiger partial charge in [0.05, 0.1) is 6.54 Å². The second-order valence-electron chi connectivity index (χ2n) is 6.13. The lowest BCUT2D eigenvalue weighted by atomic mass is 10.1. The van der Waals surface area contributed by atoms with Gasteiger partial charge in [-0.25, -0.2) is 0 Å². The summed E-state index contributed by atoms with van der Waals surface area (Å²) < 4.78 is 0. The molecule has 0 bridgehead atoms. The topological polar surface area (TPSA) is 39.7 Å². The zero-order valence-electron chi connectivity index (χ0n) is 14.3. The lowest BCUT2D eigenvalue weighted by Crippen LogP contribution is -2.40. The highest BCUT2D eigenvalue weighted by molar-refractivity contribution is 14.0. The molecule has 1 heterocycles. The van der Waals surface area contributed by atoms with E-state index in [1.54, 1.807) is 0 Å². The average molecular weight is 410 g/mol. The van der Waals surface area contributed by atoms with E-state index in [1.165, 1.54) is 38.8 Å². The van der Waals surface area contributed by atoms with Gasteiger partial charge in [-0.3, -0.25) is 9.89 Å². The quantitative estimate of drug-likeness (QED) is 0.367. The third-order valence-electron chi connectivity index (χ3n) is 3.95. The normalized spacial score (nSPS) is 17.7. The number of guanidine groups is 1. The minimum Gasteiger partial charge on any atom is -0.357 e. The minimum atomic E-state index is 0. The van der Waals surface area contributed by atoms with E-state index in [4.69, 9.17) is 4.99 Å². The van der Waals surface area contributed by atoms with Crippen molar-refractivity contribution in [3.8, 4) is 0 Å². The molecule has 5 heteroatoms. The summed E-state index contributed by atoms with van der Waals surface area (Å²) >= 11 is 0. The molecule has 4 nitrogen and oxygen atoms in total. The van der Waals surface area contributed by atoms with Gasteiger partial charge in [-0.15, -0.1) is 24.0 Å². The number of halogens is 1. The Morgan fingerprint density at radius 3 is 2.33 bits per heavy atom. The number of rotatable bonds is 8. The second kappa shape index (κ2) is 12.5. The molecule has 1 aliphatic heterocycles. The van der Waals surface area contributed by atoms with Gasteiger partial charge >= 0.3 is 0 Å². The maximum absolute atomic E-state index is 4.78. The first kappa shape index (κ1) is 21.0. The SMILES string of the molecule is CCNC(=NCC(CC)N1CCCC1)NCCC(C)C.I. The maximum atomic E-state index is 4.78. The Kier molecular flexibility index (Phi) is 12.5. The first-order valence-electron chi connectivity index (χ1n) is 8.43. The van der Waals surface area contributed by atoms with Crippen LogP contribution in [0.25, 0.3) is 0 Å². The molecule has 0 spiro atoms. The molecule has 1 rings (SSSR count). The summed E-state index contributed by atoms with van der Waals surface area (Å²) in [6.07, 6.45) is 5.09. The van der Waals surface area contributed by atoms with E-state index in [-0.39, 0.29) is 24.0 Å². The fraction of sp³-hybridized carbons (Fsp3) is 0.938. The fourth-order valence-corrected chi connectivity index (χ4v) is 2.63. The van der Waals surface area contributed by atoms with Crippen molar-refractivity contribution in [2.75, 3.05) is 32.7 Å². The Morgan fingerprint density at radius 2 is 1.81 bits per heavy atom. The standard InChI is InChI=1S/C16H34N4.HI/c1-5-15(20-11-7-8-12-20)13-19-16(17-6-2)18-10-9-14(3)4;/h14-15H,5-13H2,1-4H3,(H2,17,18,19);1H. The van der Waals surface area contributed by atoms with Crippen molar-refractivity contribution in [1.82, 2.24) is 15.5 Å². The molecule has 0 aromatic heterocycles. The molecule has 21 heavy (non-hydrogen) atoms. The number of hydrogen-bond acceptors (Lipinski definition) is 2. The van der Waals surface area contributed by atoms with Crippen molar-refractivity contribution in [2.45, 2.75) is 59.4 Å². The highest BCUT2D eigenvalue weighted by atomic mass is 127. The molecule has 0 radical (unpaired) electrons. The lowest BCUT2D eigenvalue weighted by Gasteiger charge is -2.25. The van der Waals surface area contributed by atoms with Crippen molar-refractivity contribution in [3.05, 3.63) is 0 Å². The molecule has 0 aromatic rings. The molecule has 0 amide bonds. The highest BCUT2D eigenvalue weighted by Gasteiger charge is 2.19. The molecule has 126 valence electrons. The number of nitrogens with zero attached hydrogens (tertiary/aromatic N) is 2. The summed E-state index contributed by atoms with van der Waals surface area (Å²) in [5.74, 6) is 1.71. The van der Waals surface area contributed by atoms with E-state index >= 15 is 0 Å². The van der Waals surface area contributed by atoms with Crippen LogP contribution in [0.2, 0.25) is 0 Å². The molecule has 1 fully saturated rings. The van der Waals surface area contributed by atoms with Crippen LogP contribution in [0.15, 0.2) is 4.99 Å². The summed E-state index contributed by atoms with van der Waals surface area (Å²) in [5, 5.41) is 6.79. The summed E-state index contributed by atoms with van der Waals surface area (Å²) in [4.78, 5) is 7.38. The maximum Gasteiger partial charge on any atom is 0.191 e. The van der Waals surface area contributed by atoms with Crippen molar-refractivity contribution < 1.29 is 0 Å². The summed E-state index contributed by atoms with van der Waals surface area (Å²) in [7, 11) is 0. The van der Waals surface area contributed by atoms with Gasteiger partial charge in [-0.1, -0.05) is 20.8 Å². The van der Waals surface area contributed by atoms with E-state index in [1.807, 2.05) is 0 Å². The number of aliphatic imine (C=N–C) groups is 1. The van der Waals surface area contributed by atoms with Gasteiger partial charge in [0, 0.05) is 19.1 Å². The van der Waals surface area contributed by atoms with Crippen LogP contribution >= 0.6 is 24.0 Å². The molecule has 1 unspecified atom stereocenters. The number of likely N-dealkylation sites (tertiary alicyclic amines) is 1. The van der Waals surface area contributed by atoms with Gasteiger partial charge in [0.25, 0.3) is 0 Å². The van der Waals surface area contributed by atoms with Crippen molar-refractivity contribution >= 4 is 29.9 Å². The number of nitrogens with one attached hydrogen (secondary N) is 2. The van der Waals surface area contributed by atoms with Crippen molar-refractivity contribution in [2.24, 2.45) is 10.9 Å². The Balaban J connectivity index is 0.00000400. The molecule has 2 N–H and O–H groups in total. The Bertz CT molecular complexity index is 275. The van der Waals surface area contributed by atoms with Crippen LogP contribution in [0.5, 0.6) is 0 Å². The zero-order valence-corrected chi connectivity index (χ0v) is 16.7. The van der Waals surface area contributed by atoms with Crippen LogP contribution in [0.1, 0.15) is 53.4 Å². The van der Waals surface area contributed by atoms with E-state index in [9.17, 15) is 0 Å². The largest absolute Gasteiger partial charge is 0.357 e. The lowest BCUT2D eigenvalue weighted by molar-refractivity contribution is 0.242. The van der Waals surface area contributed by atoms with E-state index in [0.717, 1.165) is 31.5 Å². The monoisotopic (exact) mass is 410 g/mol. The molecule has 1 saturated heterocycles. The molecule has 0 saturated carbocycles. The fourth-order valence-electron chi connectivity index (χ4n) is 2.63. The third kappa shape index (κ3) is 8.86. The van der Waals surface area contributed by atoms with Gasteiger partial charge < -0.3 is 10.6 Å². The van der Waals surface area contributed by atoms with Crippen LogP contribution in [0, 0.1) is 5.92 Å². The van der Waals surface area contributed by atoms with Crippen molar-refractivity contribution in [3.63, 3.8) is 0 Å². The van der Waals surface area contributed by atoms with Gasteiger partial charge in [-0.2, -0.15) is 0 Å². The predicted molar refractivity (Wildman–Crippen MR) is 104 cm³/mol. The Hall–Kier alpha value is -0.0400. The number of hydrogen-bond donors (Lipinski definition) is 2. The minimum absolute atomic E-state index is 0. The molecule has 1 aliphatic rings. The Morgan fingerprint density at radius 1 is 1.14 bits per heavy atom. The third-order valence-corrected chi connectivity index (χ3v) is 3.95. The van der Waals surface area contributed by atoms with Crippen molar-refractivity contribution in [1.29, 1.82) is 0 Å². The summed E-state index contributed by atoms with van der Waals surface area (Å²) in [6, 6.07) is 0.609. The first-order valence-corrected chi connectivity index (χ1v) is 8.43. The molecule has 0 aliphatic carbocycles. The highest BCUT2D eigenvalue weighted by Crippen LogP contribution is 2.14. The molecule has 0 aromatic carbocycles. The van der Waals surface area contributed by atoms with E-state index in [2.05, 4.69) is 43.2 Å². The second-order valence-corrected chi connectivity index (χ2v) is 6.13. The molecular weight excluding hydrogens is 375 g/mol. The van der Waals surface area contributed by atoms with E-state index < -0.39 is 0 Å². The van der Waals surface area contributed by atoms with Gasteiger partial charge in [0.2, 0.25) is 0 Å². The van der Waals surface area contributed by atoms with Gasteiger partial charge in [0.1, 0.15) is 0 Å². The smallest absolute Gasteiger partial charge is 0.191 e. The van der Waals surface area contributed by atoms with E-state index in [0.29, 0.717) is 6.04 Å². The summed E-state index contributed by atoms with van der Waals surface area (Å²) in [5.41, 5.74) is 0. The molecule has 1 atom stereocenters. The van der Waals surface area contributed by atoms with Gasteiger partial charge in [0.15, 0.2) is 5.96 Å². The predicted octanol–water partition coefficient (Wildman–Crippen LogP) is 3.08. The molecular formula is C16H35IN4. The Labute approximate surface area is 148 Å². The van der Waals surface area contributed by atoms with Crippen LogP contribution in [-0.2, 0) is 0 Å². The van der Waals surface area contributed by atoms with Gasteiger partial charge in [-0.05, 0) is 51.6 Å². The summed E-state index contributed by atoms with van der Waals surface area (Å²) in [6.45, 7) is 14.3. The van der Waals surface area contributed by atoms with Crippen LogP contribution in [-0.4, -0.2) is 49.6 Å². The first-order chi connectivity index (χ1) is 9.67. The average Bonchev–Trinajstić information content (AvgIpc) is 2.93. The van der Waals surface area contributed by atoms with Crippen LogP contribution in [0.3, 0.4) is 0 Å². The van der Waals surface area contributed by atoms with Crippen LogP contribution < -0.4 is 10.6 Å². The zero-order chi connectivity index (χ0) is 14.8.